The first-order valence-corrected chi connectivity index (χ1v) is 6.45. The van der Waals surface area contributed by atoms with Gasteiger partial charge >= 0.3 is 0 Å². The molecule has 0 radical (unpaired) electrons. The van der Waals surface area contributed by atoms with Crippen LogP contribution >= 0.6 is 0 Å². The second-order valence-corrected chi connectivity index (χ2v) is 4.82. The highest BCUT2D eigenvalue weighted by molar-refractivity contribution is 5.97. The van der Waals surface area contributed by atoms with E-state index in [9.17, 15) is 4.79 Å². The Morgan fingerprint density at radius 3 is 3.06 bits per heavy atom. The molecule has 1 unspecified atom stereocenters. The molecule has 6 heteroatoms. The zero-order chi connectivity index (χ0) is 13.1. The van der Waals surface area contributed by atoms with Gasteiger partial charge < -0.3 is 16.0 Å². The van der Waals surface area contributed by atoms with Gasteiger partial charge in [-0.3, -0.25) is 9.89 Å². The molecule has 2 heterocycles. The second kappa shape index (κ2) is 5.39. The number of aromatic nitrogens is 2. The number of aromatic amines is 1. The summed E-state index contributed by atoms with van der Waals surface area (Å²) in [5, 5.41) is 9.68. The highest BCUT2D eigenvalue weighted by Crippen LogP contribution is 2.14. The van der Waals surface area contributed by atoms with Gasteiger partial charge in [0.25, 0.3) is 5.91 Å². The number of nitrogens with zero attached hydrogens (tertiary/aromatic N) is 2. The Hall–Kier alpha value is -1.56. The molecule has 6 nitrogen and oxygen atoms in total. The van der Waals surface area contributed by atoms with E-state index in [0.717, 1.165) is 38.2 Å². The van der Waals surface area contributed by atoms with E-state index in [1.807, 2.05) is 0 Å². The number of anilines is 1. The van der Waals surface area contributed by atoms with Gasteiger partial charge in [0.1, 0.15) is 0 Å². The lowest BCUT2D eigenvalue weighted by Gasteiger charge is -2.32. The number of nitrogen functional groups attached to an aromatic ring is 1. The van der Waals surface area contributed by atoms with Crippen molar-refractivity contribution in [2.75, 3.05) is 25.4 Å². The van der Waals surface area contributed by atoms with Gasteiger partial charge in [0.15, 0.2) is 5.69 Å². The maximum atomic E-state index is 12.0. The molecule has 2 rings (SSSR count). The first-order chi connectivity index (χ1) is 8.61. The van der Waals surface area contributed by atoms with Crippen molar-refractivity contribution >= 4 is 11.6 Å². The molecule has 1 aromatic heterocycles. The number of amides is 1. The molecule has 100 valence electrons. The maximum Gasteiger partial charge on any atom is 0.274 e. The average molecular weight is 251 g/mol. The molecule has 0 aromatic carbocycles. The number of nitrogens with two attached hydrogens (primary N) is 1. The van der Waals surface area contributed by atoms with Crippen LogP contribution in [0.15, 0.2) is 0 Å². The fourth-order valence-corrected chi connectivity index (χ4v) is 2.33. The van der Waals surface area contributed by atoms with Crippen molar-refractivity contribution in [2.45, 2.75) is 32.7 Å². The second-order valence-electron chi connectivity index (χ2n) is 4.82. The molecule has 0 spiro atoms. The summed E-state index contributed by atoms with van der Waals surface area (Å²) in [4.78, 5) is 14.4. The molecule has 0 bridgehead atoms. The summed E-state index contributed by atoms with van der Waals surface area (Å²) in [5.74, 6) is -0.181. The summed E-state index contributed by atoms with van der Waals surface area (Å²) in [5.41, 5.74) is 7.28. The van der Waals surface area contributed by atoms with E-state index >= 15 is 0 Å². The van der Waals surface area contributed by atoms with Crippen LogP contribution in [0.2, 0.25) is 0 Å². The summed E-state index contributed by atoms with van der Waals surface area (Å²) in [6.07, 6.45) is 2.14. The summed E-state index contributed by atoms with van der Waals surface area (Å²) in [6.45, 7) is 6.99. The maximum absolute atomic E-state index is 12.0. The van der Waals surface area contributed by atoms with Gasteiger partial charge in [-0.2, -0.15) is 5.10 Å². The van der Waals surface area contributed by atoms with Crippen LogP contribution in [0.3, 0.4) is 0 Å². The highest BCUT2D eigenvalue weighted by atomic mass is 16.2. The summed E-state index contributed by atoms with van der Waals surface area (Å²) >= 11 is 0. The van der Waals surface area contributed by atoms with Crippen molar-refractivity contribution in [1.82, 2.24) is 20.4 Å². The van der Waals surface area contributed by atoms with Crippen LogP contribution in [0, 0.1) is 6.92 Å². The third-order valence-electron chi connectivity index (χ3n) is 3.50. The van der Waals surface area contributed by atoms with Crippen LogP contribution < -0.4 is 11.1 Å². The number of piperidine rings is 1. The van der Waals surface area contributed by atoms with E-state index in [1.54, 1.807) is 6.92 Å². The number of hydrogen-bond donors (Lipinski definition) is 3. The summed E-state index contributed by atoms with van der Waals surface area (Å²) in [7, 11) is 0. The summed E-state index contributed by atoms with van der Waals surface area (Å²) < 4.78 is 0. The van der Waals surface area contributed by atoms with E-state index in [0.29, 0.717) is 11.4 Å². The minimum atomic E-state index is -0.181. The lowest BCUT2D eigenvalue weighted by atomic mass is 10.1. The molecule has 1 saturated heterocycles. The first-order valence-electron chi connectivity index (χ1n) is 6.45. The first kappa shape index (κ1) is 12.9. The highest BCUT2D eigenvalue weighted by Gasteiger charge is 2.23. The van der Waals surface area contributed by atoms with E-state index in [2.05, 4.69) is 27.3 Å². The number of nitrogens with one attached hydrogen (secondary N) is 2. The van der Waals surface area contributed by atoms with Crippen LogP contribution in [0.25, 0.3) is 0 Å². The molecule has 1 aliphatic rings. The fourth-order valence-electron chi connectivity index (χ4n) is 2.33. The number of carbonyl (C=O) groups excluding carboxylic acids is 1. The third kappa shape index (κ3) is 2.64. The molecule has 1 aromatic rings. The van der Waals surface area contributed by atoms with Crippen molar-refractivity contribution in [3.05, 3.63) is 11.4 Å². The van der Waals surface area contributed by atoms with E-state index in [4.69, 9.17) is 5.73 Å². The zero-order valence-corrected chi connectivity index (χ0v) is 11.0. The van der Waals surface area contributed by atoms with Gasteiger partial charge in [-0.1, -0.05) is 6.92 Å². The molecule has 0 saturated carbocycles. The number of rotatable bonds is 3. The van der Waals surface area contributed by atoms with Crippen LogP contribution in [0.1, 0.15) is 35.9 Å². The number of likely N-dealkylation sites (tertiary alicyclic amines) is 1. The SMILES string of the molecule is CCN1CCCC(NC(=O)c2n[nH]c(C)c2N)C1. The third-order valence-corrected chi connectivity index (χ3v) is 3.50. The lowest BCUT2D eigenvalue weighted by molar-refractivity contribution is 0.0901. The molecular formula is C12H21N5O. The molecule has 1 amide bonds. The largest absolute Gasteiger partial charge is 0.395 e. The number of likely N-dealkylation sites (N-methyl/N-ethyl adjacent to an activating group) is 1. The average Bonchev–Trinajstić information content (AvgIpc) is 2.70. The van der Waals surface area contributed by atoms with Gasteiger partial charge in [-0.15, -0.1) is 0 Å². The van der Waals surface area contributed by atoms with Crippen molar-refractivity contribution in [1.29, 1.82) is 0 Å². The molecule has 0 aliphatic carbocycles. The Bertz CT molecular complexity index is 428. The van der Waals surface area contributed by atoms with Gasteiger partial charge in [0, 0.05) is 12.6 Å². The minimum Gasteiger partial charge on any atom is -0.395 e. The lowest BCUT2D eigenvalue weighted by Crippen LogP contribution is -2.47. The number of hydrogen-bond acceptors (Lipinski definition) is 4. The van der Waals surface area contributed by atoms with Gasteiger partial charge in [0.2, 0.25) is 0 Å². The zero-order valence-electron chi connectivity index (χ0n) is 11.0. The van der Waals surface area contributed by atoms with E-state index in [1.165, 1.54) is 0 Å². The molecule has 4 N–H and O–H groups in total. The smallest absolute Gasteiger partial charge is 0.274 e. The molecule has 1 aliphatic heterocycles. The Morgan fingerprint density at radius 2 is 2.44 bits per heavy atom. The van der Waals surface area contributed by atoms with Crippen LogP contribution in [0.4, 0.5) is 5.69 Å². The van der Waals surface area contributed by atoms with Gasteiger partial charge in [-0.05, 0) is 32.9 Å². The van der Waals surface area contributed by atoms with Crippen molar-refractivity contribution < 1.29 is 4.79 Å². The number of H-pyrrole nitrogens is 1. The monoisotopic (exact) mass is 251 g/mol. The topological polar surface area (TPSA) is 87.0 Å². The molecule has 1 fully saturated rings. The number of aryl methyl sites for hydroxylation is 1. The van der Waals surface area contributed by atoms with Gasteiger partial charge in [-0.25, -0.2) is 0 Å². The van der Waals surface area contributed by atoms with Crippen molar-refractivity contribution in [3.8, 4) is 0 Å². The number of carbonyl (C=O) groups is 1. The van der Waals surface area contributed by atoms with Crippen molar-refractivity contribution in [3.63, 3.8) is 0 Å². The van der Waals surface area contributed by atoms with E-state index in [-0.39, 0.29) is 11.9 Å². The minimum absolute atomic E-state index is 0.181. The molecular weight excluding hydrogens is 230 g/mol. The van der Waals surface area contributed by atoms with Crippen LogP contribution in [-0.2, 0) is 0 Å². The molecule has 1 atom stereocenters. The van der Waals surface area contributed by atoms with Crippen molar-refractivity contribution in [2.24, 2.45) is 0 Å². The Labute approximate surface area is 107 Å². The normalized spacial score (nSPS) is 20.9. The standard InChI is InChI=1S/C12H21N5O/c1-3-17-6-4-5-9(7-17)14-12(18)11-10(13)8(2)15-16-11/h9H,3-7,13H2,1-2H3,(H,14,18)(H,15,16). The Morgan fingerprint density at radius 1 is 1.67 bits per heavy atom. The fraction of sp³-hybridized carbons (Fsp3) is 0.667. The molecule has 18 heavy (non-hydrogen) atoms. The predicted molar refractivity (Wildman–Crippen MR) is 70.3 cm³/mol. The Kier molecular flexibility index (Phi) is 3.86. The van der Waals surface area contributed by atoms with Gasteiger partial charge in [0.05, 0.1) is 11.4 Å². The van der Waals surface area contributed by atoms with E-state index < -0.39 is 0 Å². The van der Waals surface area contributed by atoms with Crippen LogP contribution in [0.5, 0.6) is 0 Å². The predicted octanol–water partition coefficient (Wildman–Crippen LogP) is 0.514. The quantitative estimate of drug-likeness (QED) is 0.730. The Balaban J connectivity index is 1.97. The van der Waals surface area contributed by atoms with Crippen LogP contribution in [-0.4, -0.2) is 46.7 Å². The summed E-state index contributed by atoms with van der Waals surface area (Å²) in [6, 6.07) is 0.197.